The van der Waals surface area contributed by atoms with Crippen LogP contribution < -0.4 is 15.6 Å². The third kappa shape index (κ3) is 4.95. The van der Waals surface area contributed by atoms with Crippen molar-refractivity contribution in [1.29, 1.82) is 5.26 Å². The highest BCUT2D eigenvalue weighted by molar-refractivity contribution is 5.76. The average Bonchev–Trinajstić information content (AvgIpc) is 2.59. The Hall–Kier alpha value is -3.07. The second kappa shape index (κ2) is 8.69. The Kier molecular flexibility index (Phi) is 6.35. The molecule has 2 N–H and O–H groups in total. The molecule has 2 rings (SSSR count). The standard InChI is InChI=1S/C19H21N3O3/c1-13-16(14(2)22-19(24)17(13)12-20)8-9-18(23)21-10-11-25-15-6-4-3-5-7-15/h3-7H,8-11H2,1-2H3,(H,21,23)(H,22,24). The van der Waals surface area contributed by atoms with Gasteiger partial charge in [-0.1, -0.05) is 18.2 Å². The van der Waals surface area contributed by atoms with Gasteiger partial charge < -0.3 is 15.0 Å². The summed E-state index contributed by atoms with van der Waals surface area (Å²) in [6, 6.07) is 11.3. The van der Waals surface area contributed by atoms with E-state index in [1.165, 1.54) is 0 Å². The van der Waals surface area contributed by atoms with Crippen LogP contribution in [0.5, 0.6) is 5.75 Å². The van der Waals surface area contributed by atoms with Gasteiger partial charge in [-0.2, -0.15) is 5.26 Å². The summed E-state index contributed by atoms with van der Waals surface area (Å²) in [5, 5.41) is 11.9. The number of carbonyl (C=O) groups is 1. The third-order valence-electron chi connectivity index (χ3n) is 3.96. The molecule has 0 spiro atoms. The van der Waals surface area contributed by atoms with E-state index in [0.717, 1.165) is 11.3 Å². The molecule has 0 aliphatic carbocycles. The lowest BCUT2D eigenvalue weighted by Crippen LogP contribution is -2.28. The predicted octanol–water partition coefficient (Wildman–Crippen LogP) is 1.99. The molecule has 0 aliphatic heterocycles. The van der Waals surface area contributed by atoms with Crippen molar-refractivity contribution in [2.75, 3.05) is 13.2 Å². The zero-order chi connectivity index (χ0) is 18.2. The quantitative estimate of drug-likeness (QED) is 0.754. The van der Waals surface area contributed by atoms with E-state index in [4.69, 9.17) is 10.00 Å². The van der Waals surface area contributed by atoms with Gasteiger partial charge in [-0.25, -0.2) is 0 Å². The smallest absolute Gasteiger partial charge is 0.266 e. The Morgan fingerprint density at radius 1 is 1.28 bits per heavy atom. The minimum Gasteiger partial charge on any atom is -0.492 e. The van der Waals surface area contributed by atoms with Gasteiger partial charge >= 0.3 is 0 Å². The second-order valence-electron chi connectivity index (χ2n) is 5.68. The Labute approximate surface area is 146 Å². The third-order valence-corrected chi connectivity index (χ3v) is 3.96. The highest BCUT2D eigenvalue weighted by Crippen LogP contribution is 2.14. The number of rotatable bonds is 7. The molecule has 6 heteroatoms. The molecule has 1 amide bonds. The fourth-order valence-electron chi connectivity index (χ4n) is 2.62. The van der Waals surface area contributed by atoms with Crippen molar-refractivity contribution >= 4 is 5.91 Å². The first-order chi connectivity index (χ1) is 12.0. The second-order valence-corrected chi connectivity index (χ2v) is 5.68. The Morgan fingerprint density at radius 3 is 2.68 bits per heavy atom. The van der Waals surface area contributed by atoms with Gasteiger partial charge in [0.15, 0.2) is 0 Å². The summed E-state index contributed by atoms with van der Waals surface area (Å²) in [6.07, 6.45) is 0.748. The van der Waals surface area contributed by atoms with E-state index in [0.29, 0.717) is 30.8 Å². The number of ether oxygens (including phenoxy) is 1. The number of carbonyl (C=O) groups excluding carboxylic acids is 1. The van der Waals surface area contributed by atoms with Crippen LogP contribution in [-0.4, -0.2) is 24.0 Å². The average molecular weight is 339 g/mol. The number of aromatic nitrogens is 1. The molecular formula is C19H21N3O3. The molecule has 0 aliphatic rings. The Bertz CT molecular complexity index is 835. The fraction of sp³-hybridized carbons (Fsp3) is 0.316. The van der Waals surface area contributed by atoms with Gasteiger partial charge in [0, 0.05) is 12.1 Å². The van der Waals surface area contributed by atoms with Crippen molar-refractivity contribution in [1.82, 2.24) is 10.3 Å². The van der Waals surface area contributed by atoms with Gasteiger partial charge in [0.05, 0.1) is 6.54 Å². The molecular weight excluding hydrogens is 318 g/mol. The number of nitriles is 1. The molecule has 1 aromatic carbocycles. The summed E-state index contributed by atoms with van der Waals surface area (Å²) in [5.74, 6) is 0.667. The van der Waals surface area contributed by atoms with Gasteiger partial charge in [0.25, 0.3) is 5.56 Å². The number of nitrogens with zero attached hydrogens (tertiary/aromatic N) is 1. The van der Waals surface area contributed by atoms with Crippen LogP contribution in [0.1, 0.15) is 28.8 Å². The molecule has 0 radical (unpaired) electrons. The first kappa shape index (κ1) is 18.3. The summed E-state index contributed by atoms with van der Waals surface area (Å²) in [4.78, 5) is 26.3. The number of aromatic amines is 1. The minimum absolute atomic E-state index is 0.0971. The van der Waals surface area contributed by atoms with Gasteiger partial charge in [-0.15, -0.1) is 0 Å². The molecule has 0 atom stereocenters. The Morgan fingerprint density at radius 2 is 2.00 bits per heavy atom. The summed E-state index contributed by atoms with van der Waals surface area (Å²) in [5.41, 5.74) is 1.90. The number of para-hydroxylation sites is 1. The summed E-state index contributed by atoms with van der Waals surface area (Å²) >= 11 is 0. The topological polar surface area (TPSA) is 95.0 Å². The number of H-pyrrole nitrogens is 1. The van der Waals surface area contributed by atoms with Crippen LogP contribution in [0.25, 0.3) is 0 Å². The number of benzene rings is 1. The Balaban J connectivity index is 1.82. The summed E-state index contributed by atoms with van der Waals surface area (Å²) in [7, 11) is 0. The molecule has 2 aromatic rings. The maximum atomic E-state index is 12.0. The number of aryl methyl sites for hydroxylation is 1. The summed E-state index contributed by atoms with van der Waals surface area (Å²) < 4.78 is 5.51. The highest BCUT2D eigenvalue weighted by Gasteiger charge is 2.13. The molecule has 0 unspecified atom stereocenters. The molecule has 1 heterocycles. The van der Waals surface area contributed by atoms with Crippen LogP contribution in [-0.2, 0) is 11.2 Å². The maximum Gasteiger partial charge on any atom is 0.266 e. The largest absolute Gasteiger partial charge is 0.492 e. The summed E-state index contributed by atoms with van der Waals surface area (Å²) in [6.45, 7) is 4.32. The number of amides is 1. The molecule has 0 fully saturated rings. The number of hydrogen-bond donors (Lipinski definition) is 2. The van der Waals surface area contributed by atoms with Crippen molar-refractivity contribution in [2.45, 2.75) is 26.7 Å². The van der Waals surface area contributed by atoms with Crippen LogP contribution >= 0.6 is 0 Å². The molecule has 6 nitrogen and oxygen atoms in total. The first-order valence-corrected chi connectivity index (χ1v) is 8.10. The van der Waals surface area contributed by atoms with Gasteiger partial charge in [0.1, 0.15) is 24.0 Å². The zero-order valence-electron chi connectivity index (χ0n) is 14.4. The van der Waals surface area contributed by atoms with Crippen LogP contribution in [0.15, 0.2) is 35.1 Å². The van der Waals surface area contributed by atoms with Crippen molar-refractivity contribution in [3.05, 3.63) is 63.1 Å². The van der Waals surface area contributed by atoms with Gasteiger partial charge in [-0.3, -0.25) is 9.59 Å². The van der Waals surface area contributed by atoms with Crippen molar-refractivity contribution in [3.63, 3.8) is 0 Å². The highest BCUT2D eigenvalue weighted by atomic mass is 16.5. The van der Waals surface area contributed by atoms with E-state index in [2.05, 4.69) is 10.3 Å². The lowest BCUT2D eigenvalue weighted by Gasteiger charge is -2.11. The van der Waals surface area contributed by atoms with Crippen LogP contribution in [0.4, 0.5) is 0 Å². The van der Waals surface area contributed by atoms with Gasteiger partial charge in [-0.05, 0) is 43.5 Å². The molecule has 25 heavy (non-hydrogen) atoms. The van der Waals surface area contributed by atoms with E-state index in [9.17, 15) is 9.59 Å². The normalized spacial score (nSPS) is 10.1. The molecule has 0 bridgehead atoms. The maximum absolute atomic E-state index is 12.0. The number of hydrogen-bond acceptors (Lipinski definition) is 4. The van der Waals surface area contributed by atoms with E-state index >= 15 is 0 Å². The lowest BCUT2D eigenvalue weighted by molar-refractivity contribution is -0.121. The first-order valence-electron chi connectivity index (χ1n) is 8.10. The number of nitrogens with one attached hydrogen (secondary N) is 2. The van der Waals surface area contributed by atoms with Crippen LogP contribution in [0.3, 0.4) is 0 Å². The molecule has 1 aromatic heterocycles. The van der Waals surface area contributed by atoms with E-state index in [1.54, 1.807) is 13.8 Å². The van der Waals surface area contributed by atoms with Crippen molar-refractivity contribution < 1.29 is 9.53 Å². The van der Waals surface area contributed by atoms with E-state index in [-0.39, 0.29) is 23.5 Å². The lowest BCUT2D eigenvalue weighted by atomic mass is 9.99. The fourth-order valence-corrected chi connectivity index (χ4v) is 2.62. The predicted molar refractivity (Wildman–Crippen MR) is 94.5 cm³/mol. The zero-order valence-corrected chi connectivity index (χ0v) is 14.4. The van der Waals surface area contributed by atoms with Crippen LogP contribution in [0.2, 0.25) is 0 Å². The van der Waals surface area contributed by atoms with Crippen LogP contribution in [0, 0.1) is 25.2 Å². The SMILES string of the molecule is Cc1[nH]c(=O)c(C#N)c(C)c1CCC(=O)NCCOc1ccccc1. The molecule has 0 saturated carbocycles. The van der Waals surface area contributed by atoms with Crippen molar-refractivity contribution in [2.24, 2.45) is 0 Å². The molecule has 130 valence electrons. The van der Waals surface area contributed by atoms with E-state index < -0.39 is 0 Å². The van der Waals surface area contributed by atoms with Gasteiger partial charge in [0.2, 0.25) is 5.91 Å². The number of pyridine rings is 1. The van der Waals surface area contributed by atoms with E-state index in [1.807, 2.05) is 36.4 Å². The monoisotopic (exact) mass is 339 g/mol. The minimum atomic E-state index is -0.385. The van der Waals surface area contributed by atoms with Crippen molar-refractivity contribution in [3.8, 4) is 11.8 Å². The molecule has 0 saturated heterocycles.